The first-order valence-electron chi connectivity index (χ1n) is 6.78. The van der Waals surface area contributed by atoms with Gasteiger partial charge in [0, 0.05) is 25.7 Å². The Balaban J connectivity index is 2.39. The molecule has 4 heteroatoms. The molecule has 0 aliphatic heterocycles. The van der Waals surface area contributed by atoms with Crippen LogP contribution in [0.4, 0.5) is 0 Å². The fourth-order valence-electron chi connectivity index (χ4n) is 1.79. The maximum Gasteiger partial charge on any atom is 0.224 e. The van der Waals surface area contributed by atoms with Crippen LogP contribution in [0.2, 0.25) is 0 Å². The van der Waals surface area contributed by atoms with Gasteiger partial charge in [0.25, 0.3) is 0 Å². The molecule has 0 unspecified atom stereocenters. The van der Waals surface area contributed by atoms with Gasteiger partial charge in [0.1, 0.15) is 0 Å². The molecule has 1 amide bonds. The summed E-state index contributed by atoms with van der Waals surface area (Å²) in [7, 11) is 2.06. The molecule has 0 fully saturated rings. The number of nitrogens with one attached hydrogen (secondary N) is 1. The van der Waals surface area contributed by atoms with Crippen LogP contribution in [-0.2, 0) is 17.8 Å². The van der Waals surface area contributed by atoms with E-state index < -0.39 is 0 Å². The third-order valence-electron chi connectivity index (χ3n) is 3.36. The minimum atomic E-state index is 0.0538. The minimum Gasteiger partial charge on any atom is -0.355 e. The third kappa shape index (κ3) is 5.41. The van der Waals surface area contributed by atoms with E-state index in [2.05, 4.69) is 31.1 Å². The van der Waals surface area contributed by atoms with Gasteiger partial charge in [-0.25, -0.2) is 0 Å². The monoisotopic (exact) mass is 263 g/mol. The molecule has 1 aromatic rings. The maximum atomic E-state index is 11.9. The van der Waals surface area contributed by atoms with Crippen LogP contribution in [0, 0.1) is 0 Å². The van der Waals surface area contributed by atoms with Crippen molar-refractivity contribution in [3.8, 4) is 0 Å². The maximum absolute atomic E-state index is 11.9. The summed E-state index contributed by atoms with van der Waals surface area (Å²) in [6, 6.07) is 8.31. The van der Waals surface area contributed by atoms with Crippen LogP contribution < -0.4 is 11.1 Å². The van der Waals surface area contributed by atoms with Gasteiger partial charge in [-0.15, -0.1) is 0 Å². The average Bonchev–Trinajstić information content (AvgIpc) is 2.39. The summed E-state index contributed by atoms with van der Waals surface area (Å²) in [5.41, 5.74) is 7.71. The molecule has 0 heterocycles. The third-order valence-corrected chi connectivity index (χ3v) is 3.36. The van der Waals surface area contributed by atoms with E-state index in [-0.39, 0.29) is 5.91 Å². The fraction of sp³-hybridized carbons (Fsp3) is 0.533. The van der Waals surface area contributed by atoms with Gasteiger partial charge in [0.15, 0.2) is 0 Å². The van der Waals surface area contributed by atoms with E-state index >= 15 is 0 Å². The van der Waals surface area contributed by atoms with E-state index in [9.17, 15) is 4.79 Å². The molecule has 0 saturated heterocycles. The normalized spacial score (nSPS) is 11.1. The lowest BCUT2D eigenvalue weighted by Gasteiger charge is -2.20. The van der Waals surface area contributed by atoms with E-state index in [1.807, 2.05) is 24.3 Å². The molecule has 0 spiro atoms. The Kier molecular flexibility index (Phi) is 6.53. The van der Waals surface area contributed by atoms with Crippen molar-refractivity contribution in [3.63, 3.8) is 0 Å². The van der Waals surface area contributed by atoms with Crippen LogP contribution >= 0.6 is 0 Å². The van der Waals surface area contributed by atoms with Gasteiger partial charge in [-0.3, -0.25) is 4.79 Å². The highest BCUT2D eigenvalue weighted by molar-refractivity contribution is 5.78. The van der Waals surface area contributed by atoms with E-state index in [0.29, 0.717) is 25.6 Å². The zero-order valence-corrected chi connectivity index (χ0v) is 12.1. The van der Waals surface area contributed by atoms with Crippen molar-refractivity contribution in [2.45, 2.75) is 32.9 Å². The zero-order chi connectivity index (χ0) is 14.3. The molecule has 0 aromatic heterocycles. The van der Waals surface area contributed by atoms with Crippen molar-refractivity contribution in [3.05, 3.63) is 35.4 Å². The molecule has 0 radical (unpaired) electrons. The molecule has 1 aromatic carbocycles. The molecule has 0 aliphatic rings. The average molecular weight is 263 g/mol. The Morgan fingerprint density at radius 2 is 1.95 bits per heavy atom. The first-order chi connectivity index (χ1) is 9.04. The quantitative estimate of drug-likeness (QED) is 0.775. The molecule has 0 saturated carbocycles. The van der Waals surface area contributed by atoms with Crippen molar-refractivity contribution in [1.82, 2.24) is 10.2 Å². The van der Waals surface area contributed by atoms with Gasteiger partial charge in [0.2, 0.25) is 5.91 Å². The summed E-state index contributed by atoms with van der Waals surface area (Å²) in [4.78, 5) is 14.1. The molecule has 19 heavy (non-hydrogen) atoms. The van der Waals surface area contributed by atoms with E-state index in [0.717, 1.165) is 17.7 Å². The van der Waals surface area contributed by atoms with Crippen LogP contribution in [-0.4, -0.2) is 37.0 Å². The highest BCUT2D eigenvalue weighted by atomic mass is 16.1. The number of hydrogen-bond donors (Lipinski definition) is 2. The molecule has 106 valence electrons. The second-order valence-electron chi connectivity index (χ2n) is 5.07. The van der Waals surface area contributed by atoms with Crippen molar-refractivity contribution in [2.75, 3.05) is 20.1 Å². The first-order valence-corrected chi connectivity index (χ1v) is 6.78. The van der Waals surface area contributed by atoms with Crippen molar-refractivity contribution >= 4 is 5.91 Å². The molecular weight excluding hydrogens is 238 g/mol. The van der Waals surface area contributed by atoms with Crippen LogP contribution in [0.15, 0.2) is 24.3 Å². The van der Waals surface area contributed by atoms with Gasteiger partial charge in [0.05, 0.1) is 6.42 Å². The number of amides is 1. The van der Waals surface area contributed by atoms with Crippen LogP contribution in [0.5, 0.6) is 0 Å². The van der Waals surface area contributed by atoms with Gasteiger partial charge in [-0.2, -0.15) is 0 Å². The van der Waals surface area contributed by atoms with E-state index in [1.165, 1.54) is 0 Å². The Morgan fingerprint density at radius 1 is 1.32 bits per heavy atom. The number of likely N-dealkylation sites (N-methyl/N-ethyl adjacent to an activating group) is 1. The van der Waals surface area contributed by atoms with Gasteiger partial charge in [-0.05, 0) is 32.0 Å². The highest BCUT2D eigenvalue weighted by Gasteiger charge is 2.07. The zero-order valence-electron chi connectivity index (χ0n) is 12.1. The minimum absolute atomic E-state index is 0.0538. The Labute approximate surface area is 116 Å². The molecule has 1 rings (SSSR count). The standard InChI is InChI=1S/C15H25N3O/c1-12(2)18(3)9-8-17-15(19)10-13-6-4-5-7-14(13)11-16/h4-7,12H,8-11,16H2,1-3H3,(H,17,19). The number of carbonyl (C=O) groups is 1. The molecule has 0 bridgehead atoms. The summed E-state index contributed by atoms with van der Waals surface area (Å²) >= 11 is 0. The number of carbonyl (C=O) groups excluding carboxylic acids is 1. The predicted molar refractivity (Wildman–Crippen MR) is 78.8 cm³/mol. The number of rotatable bonds is 7. The Morgan fingerprint density at radius 3 is 2.53 bits per heavy atom. The lowest BCUT2D eigenvalue weighted by atomic mass is 10.0. The number of nitrogens with zero attached hydrogens (tertiary/aromatic N) is 1. The summed E-state index contributed by atoms with van der Waals surface area (Å²) in [6.07, 6.45) is 0.402. The summed E-state index contributed by atoms with van der Waals surface area (Å²) in [5.74, 6) is 0.0538. The van der Waals surface area contributed by atoms with Gasteiger partial charge < -0.3 is 16.0 Å². The number of hydrogen-bond acceptors (Lipinski definition) is 3. The van der Waals surface area contributed by atoms with Gasteiger partial charge >= 0.3 is 0 Å². The fourth-order valence-corrected chi connectivity index (χ4v) is 1.79. The molecule has 4 nitrogen and oxygen atoms in total. The second-order valence-corrected chi connectivity index (χ2v) is 5.07. The SMILES string of the molecule is CC(C)N(C)CCNC(=O)Cc1ccccc1CN. The summed E-state index contributed by atoms with van der Waals surface area (Å²) in [6.45, 7) is 6.29. The van der Waals surface area contributed by atoms with Crippen molar-refractivity contribution in [1.29, 1.82) is 0 Å². The van der Waals surface area contributed by atoms with E-state index in [1.54, 1.807) is 0 Å². The largest absolute Gasteiger partial charge is 0.355 e. The molecule has 0 atom stereocenters. The van der Waals surface area contributed by atoms with Crippen molar-refractivity contribution in [2.24, 2.45) is 5.73 Å². The topological polar surface area (TPSA) is 58.4 Å². The molecule has 3 N–H and O–H groups in total. The first kappa shape index (κ1) is 15.7. The van der Waals surface area contributed by atoms with Crippen LogP contribution in [0.3, 0.4) is 0 Å². The Bertz CT molecular complexity index is 404. The highest BCUT2D eigenvalue weighted by Crippen LogP contribution is 2.08. The van der Waals surface area contributed by atoms with Crippen molar-refractivity contribution < 1.29 is 4.79 Å². The second kappa shape index (κ2) is 7.92. The summed E-state index contributed by atoms with van der Waals surface area (Å²) in [5, 5.41) is 2.95. The van der Waals surface area contributed by atoms with Gasteiger partial charge in [-0.1, -0.05) is 24.3 Å². The smallest absolute Gasteiger partial charge is 0.224 e. The Hall–Kier alpha value is -1.39. The lowest BCUT2D eigenvalue weighted by Crippen LogP contribution is -2.36. The lowest BCUT2D eigenvalue weighted by molar-refractivity contribution is -0.120. The number of benzene rings is 1. The van der Waals surface area contributed by atoms with Crippen LogP contribution in [0.25, 0.3) is 0 Å². The van der Waals surface area contributed by atoms with Crippen LogP contribution in [0.1, 0.15) is 25.0 Å². The molecular formula is C15H25N3O. The predicted octanol–water partition coefficient (Wildman–Crippen LogP) is 1.14. The molecule has 0 aliphatic carbocycles. The summed E-state index contributed by atoms with van der Waals surface area (Å²) < 4.78 is 0. The number of nitrogens with two attached hydrogens (primary N) is 1. The van der Waals surface area contributed by atoms with E-state index in [4.69, 9.17) is 5.73 Å².